The van der Waals surface area contributed by atoms with E-state index in [4.69, 9.17) is 26.1 Å². The summed E-state index contributed by atoms with van der Waals surface area (Å²) >= 11 is 0. The fraction of sp³-hybridized carbons (Fsp3) is 0.344. The van der Waals surface area contributed by atoms with Crippen LogP contribution in [0.25, 0.3) is 0 Å². The van der Waals surface area contributed by atoms with Crippen molar-refractivity contribution >= 4 is 23.9 Å². The molecule has 48 heavy (non-hydrogen) atoms. The number of carbonyl (C=O) groups is 3. The number of aromatic nitrogens is 4. The zero-order chi connectivity index (χ0) is 34.6. The number of phenolic OH excluding ortho intramolecular Hbond substituents is 1. The van der Waals surface area contributed by atoms with Gasteiger partial charge in [0.05, 0.1) is 12.0 Å². The minimum absolute atomic E-state index is 0.0307. The maximum Gasteiger partial charge on any atom is 0.405 e. The molecule has 0 bridgehead atoms. The fourth-order valence-corrected chi connectivity index (χ4v) is 5.21. The second-order valence-corrected chi connectivity index (χ2v) is 11.3. The van der Waals surface area contributed by atoms with Crippen molar-refractivity contribution in [3.63, 3.8) is 0 Å². The van der Waals surface area contributed by atoms with Crippen LogP contribution in [0.15, 0.2) is 59.5 Å². The SMILES string of the molecule is Cc1cc(O)cc(C)c1CC(NC(=O)C(CCCNC(=N)N)OC(N)=O)C(=O)NC(Cc1c[nH]cn1)c1nc(Cc2ccccc2)no1. The van der Waals surface area contributed by atoms with Gasteiger partial charge in [0.15, 0.2) is 17.9 Å². The first kappa shape index (κ1) is 34.9. The first-order valence-electron chi connectivity index (χ1n) is 15.3. The lowest BCUT2D eigenvalue weighted by atomic mass is 9.95. The molecule has 2 heterocycles. The first-order valence-corrected chi connectivity index (χ1v) is 15.3. The van der Waals surface area contributed by atoms with Gasteiger partial charge in [0.2, 0.25) is 11.8 Å². The number of imidazole rings is 1. The molecule has 0 fully saturated rings. The number of hydrogen-bond acceptors (Lipinski definition) is 10. The van der Waals surface area contributed by atoms with E-state index in [1.165, 1.54) is 6.33 Å². The monoisotopic (exact) mass is 660 g/mol. The molecular formula is C32H40N10O6. The highest BCUT2D eigenvalue weighted by Gasteiger charge is 2.31. The number of nitrogens with one attached hydrogen (secondary N) is 5. The number of rotatable bonds is 16. The number of aromatic amines is 1. The Morgan fingerprint density at radius 3 is 2.44 bits per heavy atom. The minimum atomic E-state index is -1.33. The van der Waals surface area contributed by atoms with Gasteiger partial charge in [-0.15, -0.1) is 0 Å². The smallest absolute Gasteiger partial charge is 0.405 e. The Labute approximate surface area is 276 Å². The number of hydrogen-bond donors (Lipinski definition) is 8. The van der Waals surface area contributed by atoms with Gasteiger partial charge in [-0.25, -0.2) is 9.78 Å². The number of aryl methyl sites for hydroxylation is 2. The maximum absolute atomic E-state index is 14.1. The number of H-pyrrole nitrogens is 1. The van der Waals surface area contributed by atoms with Crippen molar-refractivity contribution < 1.29 is 28.8 Å². The van der Waals surface area contributed by atoms with Crippen molar-refractivity contribution in [2.75, 3.05) is 6.54 Å². The van der Waals surface area contributed by atoms with Crippen molar-refractivity contribution in [3.8, 4) is 5.75 Å². The van der Waals surface area contributed by atoms with Gasteiger partial charge in [-0.2, -0.15) is 4.98 Å². The quantitative estimate of drug-likeness (QED) is 0.0486. The summed E-state index contributed by atoms with van der Waals surface area (Å²) in [4.78, 5) is 51.0. The molecule has 0 aliphatic carbocycles. The summed E-state index contributed by atoms with van der Waals surface area (Å²) in [5, 5.41) is 29.8. The molecule has 0 saturated heterocycles. The number of nitrogens with two attached hydrogens (primary N) is 2. The number of phenols is 1. The third kappa shape index (κ3) is 10.3. The van der Waals surface area contributed by atoms with E-state index in [9.17, 15) is 19.5 Å². The van der Waals surface area contributed by atoms with Crippen molar-refractivity contribution in [3.05, 3.63) is 94.7 Å². The van der Waals surface area contributed by atoms with Gasteiger partial charge in [-0.3, -0.25) is 15.0 Å². The molecule has 10 N–H and O–H groups in total. The Kier molecular flexibility index (Phi) is 12.1. The molecule has 2 aromatic heterocycles. The third-order valence-corrected chi connectivity index (χ3v) is 7.50. The molecule has 254 valence electrons. The number of benzene rings is 2. The summed E-state index contributed by atoms with van der Waals surface area (Å²) in [6.45, 7) is 3.81. The largest absolute Gasteiger partial charge is 0.508 e. The van der Waals surface area contributed by atoms with Crippen molar-refractivity contribution in [1.82, 2.24) is 36.1 Å². The van der Waals surface area contributed by atoms with Gasteiger partial charge in [-0.1, -0.05) is 35.5 Å². The average molecular weight is 661 g/mol. The number of aromatic hydroxyl groups is 1. The number of carbonyl (C=O) groups excluding carboxylic acids is 3. The molecule has 3 amide bonds. The Bertz CT molecular complexity index is 1670. The third-order valence-electron chi connectivity index (χ3n) is 7.50. The normalized spacial score (nSPS) is 12.8. The van der Waals surface area contributed by atoms with Crippen molar-refractivity contribution in [2.45, 2.75) is 64.1 Å². The van der Waals surface area contributed by atoms with Gasteiger partial charge >= 0.3 is 6.09 Å². The summed E-state index contributed by atoms with van der Waals surface area (Å²) in [5.41, 5.74) is 14.3. The minimum Gasteiger partial charge on any atom is -0.508 e. The number of ether oxygens (including phenoxy) is 1. The molecule has 2 aromatic carbocycles. The maximum atomic E-state index is 14.1. The van der Waals surface area contributed by atoms with E-state index in [1.807, 2.05) is 30.3 Å². The highest BCUT2D eigenvalue weighted by atomic mass is 16.6. The number of primary amides is 1. The molecule has 3 unspecified atom stereocenters. The van der Waals surface area contributed by atoms with Gasteiger partial charge < -0.3 is 46.8 Å². The summed E-state index contributed by atoms with van der Waals surface area (Å²) < 4.78 is 10.7. The van der Waals surface area contributed by atoms with E-state index in [0.29, 0.717) is 35.5 Å². The van der Waals surface area contributed by atoms with Crippen LogP contribution in [0.3, 0.4) is 0 Å². The van der Waals surface area contributed by atoms with E-state index in [0.717, 1.165) is 11.1 Å². The molecular weight excluding hydrogens is 620 g/mol. The standard InChI is InChI=1S/C32H40N10O6/c1-18-11-22(43)12-19(2)23(18)15-24(39-29(45)26(47-32(35)46)9-6-10-37-31(33)34)28(44)40-25(14-21-16-36-17-38-21)30-41-27(42-48-30)13-20-7-4-3-5-8-20/h3-5,7-8,11-12,16-17,24-26,43H,6,9-10,13-15H2,1-2H3,(H2,35,46)(H,36,38)(H,39,45)(H,40,44)(H4,33,34,37). The molecule has 0 saturated carbocycles. The molecule has 3 atom stereocenters. The second kappa shape index (κ2) is 16.6. The van der Waals surface area contributed by atoms with Crippen LogP contribution in [-0.4, -0.2) is 67.8 Å². The fourth-order valence-electron chi connectivity index (χ4n) is 5.21. The Morgan fingerprint density at radius 1 is 1.06 bits per heavy atom. The molecule has 0 radical (unpaired) electrons. The highest BCUT2D eigenvalue weighted by molar-refractivity contribution is 5.90. The van der Waals surface area contributed by atoms with E-state index >= 15 is 0 Å². The van der Waals surface area contributed by atoms with Crippen LogP contribution in [0.1, 0.15) is 58.5 Å². The predicted molar refractivity (Wildman–Crippen MR) is 174 cm³/mol. The lowest BCUT2D eigenvalue weighted by molar-refractivity contribution is -0.134. The lowest BCUT2D eigenvalue weighted by Crippen LogP contribution is -2.52. The number of nitrogens with zero attached hydrogens (tertiary/aromatic N) is 3. The van der Waals surface area contributed by atoms with Crippen LogP contribution in [0, 0.1) is 19.3 Å². The summed E-state index contributed by atoms with van der Waals surface area (Å²) in [5.74, 6) is -0.960. The van der Waals surface area contributed by atoms with Gasteiger partial charge in [0, 0.05) is 32.0 Å². The Morgan fingerprint density at radius 2 is 1.79 bits per heavy atom. The van der Waals surface area contributed by atoms with Crippen LogP contribution in [0.5, 0.6) is 5.75 Å². The van der Waals surface area contributed by atoms with Gasteiger partial charge in [-0.05, 0) is 61.1 Å². The lowest BCUT2D eigenvalue weighted by Gasteiger charge is -2.25. The van der Waals surface area contributed by atoms with Crippen LogP contribution in [-0.2, 0) is 33.6 Å². The average Bonchev–Trinajstić information content (AvgIpc) is 3.72. The second-order valence-electron chi connectivity index (χ2n) is 11.3. The zero-order valence-electron chi connectivity index (χ0n) is 26.7. The van der Waals surface area contributed by atoms with Crippen molar-refractivity contribution in [1.29, 1.82) is 5.41 Å². The van der Waals surface area contributed by atoms with Crippen LogP contribution < -0.4 is 27.4 Å². The van der Waals surface area contributed by atoms with E-state index in [-0.39, 0.29) is 43.4 Å². The van der Waals surface area contributed by atoms with E-state index in [1.54, 1.807) is 32.2 Å². The molecule has 4 rings (SSSR count). The number of guanidine groups is 1. The van der Waals surface area contributed by atoms with Crippen LogP contribution in [0.2, 0.25) is 0 Å². The highest BCUT2D eigenvalue weighted by Crippen LogP contribution is 2.23. The molecule has 16 heteroatoms. The topological polar surface area (TPSA) is 260 Å². The summed E-state index contributed by atoms with van der Waals surface area (Å²) in [6.07, 6.45) is 1.66. The van der Waals surface area contributed by atoms with E-state index < -0.39 is 36.1 Å². The zero-order valence-corrected chi connectivity index (χ0v) is 26.7. The van der Waals surface area contributed by atoms with Crippen molar-refractivity contribution in [2.24, 2.45) is 11.5 Å². The molecule has 0 aliphatic rings. The molecule has 4 aromatic rings. The summed E-state index contributed by atoms with van der Waals surface area (Å²) in [6, 6.07) is 10.7. The Balaban J connectivity index is 1.60. The van der Waals surface area contributed by atoms with E-state index in [2.05, 4.69) is 36.1 Å². The van der Waals surface area contributed by atoms with Crippen LogP contribution >= 0.6 is 0 Å². The predicted octanol–water partition coefficient (Wildman–Crippen LogP) is 1.56. The van der Waals surface area contributed by atoms with Gasteiger partial charge in [0.1, 0.15) is 17.8 Å². The Hall–Kier alpha value is -5.93. The van der Waals surface area contributed by atoms with Crippen LogP contribution in [0.4, 0.5) is 4.79 Å². The molecule has 0 aliphatic heterocycles. The summed E-state index contributed by atoms with van der Waals surface area (Å²) in [7, 11) is 0. The van der Waals surface area contributed by atoms with Gasteiger partial charge in [0.25, 0.3) is 5.91 Å². The number of amides is 3. The molecule has 16 nitrogen and oxygen atoms in total. The first-order chi connectivity index (χ1) is 23.0. The molecule has 0 spiro atoms.